The predicted octanol–water partition coefficient (Wildman–Crippen LogP) is 3.20. The molecule has 14 heavy (non-hydrogen) atoms. The summed E-state index contributed by atoms with van der Waals surface area (Å²) in [7, 11) is 0. The third kappa shape index (κ3) is 1.53. The van der Waals surface area contributed by atoms with Crippen molar-refractivity contribution in [2.45, 2.75) is 39.5 Å². The number of carbonyl (C=O) groups is 1. The zero-order chi connectivity index (χ0) is 10.1. The van der Waals surface area contributed by atoms with Crippen LogP contribution in [0.2, 0.25) is 0 Å². The maximum atomic E-state index is 12.0. The van der Waals surface area contributed by atoms with Crippen molar-refractivity contribution in [2.75, 3.05) is 0 Å². The number of hydrogen-bond acceptors (Lipinski definition) is 1. The van der Waals surface area contributed by atoms with E-state index in [0.29, 0.717) is 29.5 Å². The highest BCUT2D eigenvalue weighted by Gasteiger charge is 2.44. The van der Waals surface area contributed by atoms with Gasteiger partial charge in [-0.25, -0.2) is 0 Å². The van der Waals surface area contributed by atoms with Crippen LogP contribution >= 0.6 is 0 Å². The summed E-state index contributed by atoms with van der Waals surface area (Å²) in [4.78, 5) is 12.0. The van der Waals surface area contributed by atoms with E-state index < -0.39 is 0 Å². The lowest BCUT2D eigenvalue weighted by molar-refractivity contribution is -0.124. The lowest BCUT2D eigenvalue weighted by Gasteiger charge is -2.23. The first kappa shape index (κ1) is 9.95. The summed E-state index contributed by atoms with van der Waals surface area (Å²) < 4.78 is 0. The SMILES string of the molecule is CCCCC(=O)[C@@H]1[C@@H](C)[C@H]2C=C[C@H]1C2. The van der Waals surface area contributed by atoms with Crippen LogP contribution in [0, 0.1) is 23.7 Å². The Bertz CT molecular complexity index is 254. The van der Waals surface area contributed by atoms with Crippen LogP contribution in [0.5, 0.6) is 0 Å². The van der Waals surface area contributed by atoms with Crippen molar-refractivity contribution in [1.29, 1.82) is 0 Å². The Labute approximate surface area is 86.6 Å². The molecule has 2 aliphatic rings. The van der Waals surface area contributed by atoms with Gasteiger partial charge < -0.3 is 0 Å². The van der Waals surface area contributed by atoms with Gasteiger partial charge in [0.2, 0.25) is 0 Å². The van der Waals surface area contributed by atoms with Crippen LogP contribution in [0.25, 0.3) is 0 Å². The highest BCUT2D eigenvalue weighted by molar-refractivity contribution is 5.82. The van der Waals surface area contributed by atoms with Crippen LogP contribution in [0.4, 0.5) is 0 Å². The molecule has 0 aromatic carbocycles. The molecule has 1 saturated carbocycles. The normalized spacial score (nSPS) is 39.3. The van der Waals surface area contributed by atoms with Gasteiger partial charge in [0, 0.05) is 12.3 Å². The van der Waals surface area contributed by atoms with Crippen molar-refractivity contribution in [3.05, 3.63) is 12.2 Å². The van der Waals surface area contributed by atoms with Crippen LogP contribution in [0.15, 0.2) is 12.2 Å². The quantitative estimate of drug-likeness (QED) is 0.625. The summed E-state index contributed by atoms with van der Waals surface area (Å²) in [5.74, 6) is 2.78. The summed E-state index contributed by atoms with van der Waals surface area (Å²) in [6.07, 6.45) is 8.85. The predicted molar refractivity (Wildman–Crippen MR) is 57.9 cm³/mol. The van der Waals surface area contributed by atoms with Crippen LogP contribution < -0.4 is 0 Å². The minimum atomic E-state index is 0.358. The van der Waals surface area contributed by atoms with Crippen molar-refractivity contribution in [1.82, 2.24) is 0 Å². The van der Waals surface area contributed by atoms with Crippen LogP contribution in [0.1, 0.15) is 39.5 Å². The Morgan fingerprint density at radius 3 is 2.64 bits per heavy atom. The van der Waals surface area contributed by atoms with E-state index in [4.69, 9.17) is 0 Å². The van der Waals surface area contributed by atoms with Gasteiger partial charge >= 0.3 is 0 Å². The van der Waals surface area contributed by atoms with E-state index >= 15 is 0 Å². The van der Waals surface area contributed by atoms with Gasteiger partial charge in [0.15, 0.2) is 0 Å². The van der Waals surface area contributed by atoms with Gasteiger partial charge in [-0.3, -0.25) is 4.79 Å². The molecule has 0 heterocycles. The average Bonchev–Trinajstić information content (AvgIpc) is 2.74. The smallest absolute Gasteiger partial charge is 0.136 e. The van der Waals surface area contributed by atoms with Crippen LogP contribution in [0.3, 0.4) is 0 Å². The van der Waals surface area contributed by atoms with E-state index in [0.717, 1.165) is 19.3 Å². The van der Waals surface area contributed by atoms with Gasteiger partial charge in [-0.05, 0) is 30.6 Å². The second kappa shape index (κ2) is 3.88. The fourth-order valence-corrected chi connectivity index (χ4v) is 3.12. The van der Waals surface area contributed by atoms with Crippen molar-refractivity contribution < 1.29 is 4.79 Å². The monoisotopic (exact) mass is 192 g/mol. The summed E-state index contributed by atoms with van der Waals surface area (Å²) >= 11 is 0. The average molecular weight is 192 g/mol. The van der Waals surface area contributed by atoms with E-state index in [1.165, 1.54) is 6.42 Å². The van der Waals surface area contributed by atoms with Gasteiger partial charge in [0.05, 0.1) is 0 Å². The highest BCUT2D eigenvalue weighted by Crippen LogP contribution is 2.48. The number of rotatable bonds is 4. The molecule has 1 heteroatoms. The molecular weight excluding hydrogens is 172 g/mol. The van der Waals surface area contributed by atoms with Crippen molar-refractivity contribution in [3.8, 4) is 0 Å². The summed E-state index contributed by atoms with van der Waals surface area (Å²) in [6, 6.07) is 0. The Kier molecular flexibility index (Phi) is 2.76. The van der Waals surface area contributed by atoms with E-state index in [9.17, 15) is 4.79 Å². The first-order chi connectivity index (χ1) is 6.74. The van der Waals surface area contributed by atoms with Gasteiger partial charge in [0.25, 0.3) is 0 Å². The molecule has 0 radical (unpaired) electrons. The molecule has 0 aromatic rings. The lowest BCUT2D eigenvalue weighted by Crippen LogP contribution is -2.25. The Balaban J connectivity index is 1.98. The molecule has 1 fully saturated rings. The molecule has 1 nitrogen and oxygen atoms in total. The van der Waals surface area contributed by atoms with Crippen LogP contribution in [-0.4, -0.2) is 5.78 Å². The molecule has 2 bridgehead atoms. The number of fused-ring (bicyclic) bond motifs is 2. The summed E-state index contributed by atoms with van der Waals surface area (Å²) in [5.41, 5.74) is 0. The molecule has 0 aliphatic heterocycles. The molecule has 78 valence electrons. The minimum Gasteiger partial charge on any atom is -0.299 e. The molecule has 0 aromatic heterocycles. The number of carbonyl (C=O) groups excluding carboxylic acids is 1. The fraction of sp³-hybridized carbons (Fsp3) is 0.769. The maximum absolute atomic E-state index is 12.0. The second-order valence-corrected chi connectivity index (χ2v) is 4.90. The third-order valence-corrected chi connectivity index (χ3v) is 4.00. The molecule has 2 rings (SSSR count). The van der Waals surface area contributed by atoms with Crippen LogP contribution in [-0.2, 0) is 4.79 Å². The van der Waals surface area contributed by atoms with Gasteiger partial charge in [0.1, 0.15) is 5.78 Å². The Morgan fingerprint density at radius 1 is 1.36 bits per heavy atom. The number of Topliss-reactive ketones (excluding diaryl/α,β-unsaturated/α-hetero) is 1. The fourth-order valence-electron chi connectivity index (χ4n) is 3.12. The molecule has 0 unspecified atom stereocenters. The Morgan fingerprint density at radius 2 is 2.07 bits per heavy atom. The minimum absolute atomic E-state index is 0.358. The molecule has 0 amide bonds. The molecule has 2 aliphatic carbocycles. The van der Waals surface area contributed by atoms with Gasteiger partial charge in [-0.15, -0.1) is 0 Å². The molecular formula is C13H20O. The zero-order valence-corrected chi connectivity index (χ0v) is 9.20. The maximum Gasteiger partial charge on any atom is 0.136 e. The number of hydrogen-bond donors (Lipinski definition) is 0. The lowest BCUT2D eigenvalue weighted by atomic mass is 9.80. The molecule has 0 spiro atoms. The summed E-state index contributed by atoms with van der Waals surface area (Å²) in [5, 5.41) is 0. The highest BCUT2D eigenvalue weighted by atomic mass is 16.1. The van der Waals surface area contributed by atoms with Crippen molar-refractivity contribution >= 4 is 5.78 Å². The Hall–Kier alpha value is -0.590. The molecule has 0 saturated heterocycles. The number of unbranched alkanes of at least 4 members (excludes halogenated alkanes) is 1. The van der Waals surface area contributed by atoms with Gasteiger partial charge in [-0.2, -0.15) is 0 Å². The largest absolute Gasteiger partial charge is 0.299 e. The topological polar surface area (TPSA) is 17.1 Å². The van der Waals surface area contributed by atoms with Crippen molar-refractivity contribution in [2.24, 2.45) is 23.7 Å². The first-order valence-electron chi connectivity index (χ1n) is 5.95. The van der Waals surface area contributed by atoms with E-state index in [1.807, 2.05) is 0 Å². The zero-order valence-electron chi connectivity index (χ0n) is 9.20. The summed E-state index contributed by atoms with van der Waals surface area (Å²) in [6.45, 7) is 4.40. The first-order valence-corrected chi connectivity index (χ1v) is 5.95. The molecule has 4 atom stereocenters. The van der Waals surface area contributed by atoms with Gasteiger partial charge in [-0.1, -0.05) is 32.4 Å². The standard InChI is InChI=1S/C13H20O/c1-3-4-5-12(14)13-9(2)10-6-7-11(13)8-10/h6-7,9-11,13H,3-5,8H2,1-2H3/t9-,10-,11-,13+/m0/s1. The van der Waals surface area contributed by atoms with E-state index in [2.05, 4.69) is 26.0 Å². The van der Waals surface area contributed by atoms with E-state index in [1.54, 1.807) is 0 Å². The van der Waals surface area contributed by atoms with E-state index in [-0.39, 0.29) is 0 Å². The second-order valence-electron chi connectivity index (χ2n) is 4.90. The van der Waals surface area contributed by atoms with Crippen molar-refractivity contribution in [3.63, 3.8) is 0 Å². The number of ketones is 1. The number of allylic oxidation sites excluding steroid dienone is 2. The third-order valence-electron chi connectivity index (χ3n) is 4.00. The molecule has 0 N–H and O–H groups in total.